The van der Waals surface area contributed by atoms with Crippen molar-refractivity contribution < 1.29 is 18.0 Å². The van der Waals surface area contributed by atoms with Crippen LogP contribution in [0.15, 0.2) is 30.3 Å². The van der Waals surface area contributed by atoms with Crippen LogP contribution in [-0.2, 0) is 6.18 Å². The van der Waals surface area contributed by atoms with Crippen molar-refractivity contribution >= 4 is 5.91 Å². The van der Waals surface area contributed by atoms with E-state index >= 15 is 0 Å². The molecule has 0 atom stereocenters. The van der Waals surface area contributed by atoms with Crippen LogP contribution in [0.1, 0.15) is 35.1 Å². The number of alkyl halides is 3. The summed E-state index contributed by atoms with van der Waals surface area (Å²) in [6, 6.07) is 8.41. The molecule has 0 bridgehead atoms. The second-order valence-corrected chi connectivity index (χ2v) is 4.81. The standard InChI is InChI=1S/C15H16F3N3O/c1-3-9-19-14(22)12-10(2)21(11-7-5-4-6-8-11)20-13(12)15(16,17)18/h4-8H,3,9H2,1-2H3,(H,19,22). The highest BCUT2D eigenvalue weighted by Gasteiger charge is 2.40. The summed E-state index contributed by atoms with van der Waals surface area (Å²) >= 11 is 0. The van der Waals surface area contributed by atoms with Gasteiger partial charge in [0.05, 0.1) is 16.9 Å². The number of carbonyl (C=O) groups excluding carboxylic acids is 1. The van der Waals surface area contributed by atoms with Crippen LogP contribution in [0, 0.1) is 6.92 Å². The Kier molecular flexibility index (Phi) is 4.54. The van der Waals surface area contributed by atoms with Crippen LogP contribution in [0.3, 0.4) is 0 Å². The first-order valence-corrected chi connectivity index (χ1v) is 6.86. The molecule has 1 aromatic heterocycles. The van der Waals surface area contributed by atoms with Crippen molar-refractivity contribution in [3.05, 3.63) is 47.3 Å². The first-order valence-electron chi connectivity index (χ1n) is 6.86. The molecule has 0 saturated heterocycles. The molecule has 0 fully saturated rings. The van der Waals surface area contributed by atoms with Gasteiger partial charge in [0.1, 0.15) is 0 Å². The quantitative estimate of drug-likeness (QED) is 0.941. The van der Waals surface area contributed by atoms with Gasteiger partial charge in [-0.1, -0.05) is 25.1 Å². The smallest absolute Gasteiger partial charge is 0.352 e. The number of carbonyl (C=O) groups is 1. The maximum atomic E-state index is 13.2. The molecule has 0 unspecified atom stereocenters. The Morgan fingerprint density at radius 2 is 1.91 bits per heavy atom. The zero-order valence-electron chi connectivity index (χ0n) is 12.2. The van der Waals surface area contributed by atoms with Gasteiger partial charge in [-0.3, -0.25) is 4.79 Å². The second-order valence-electron chi connectivity index (χ2n) is 4.81. The topological polar surface area (TPSA) is 46.9 Å². The minimum atomic E-state index is -4.69. The van der Waals surface area contributed by atoms with E-state index in [-0.39, 0.29) is 5.69 Å². The zero-order chi connectivity index (χ0) is 16.3. The molecule has 7 heteroatoms. The molecule has 22 heavy (non-hydrogen) atoms. The third kappa shape index (κ3) is 3.13. The van der Waals surface area contributed by atoms with Gasteiger partial charge < -0.3 is 5.32 Å². The van der Waals surface area contributed by atoms with Crippen molar-refractivity contribution in [3.8, 4) is 5.69 Å². The van der Waals surface area contributed by atoms with Crippen molar-refractivity contribution in [2.24, 2.45) is 0 Å². The summed E-state index contributed by atoms with van der Waals surface area (Å²) in [6.45, 7) is 3.59. The van der Waals surface area contributed by atoms with Crippen molar-refractivity contribution in [1.29, 1.82) is 0 Å². The van der Waals surface area contributed by atoms with E-state index in [1.807, 2.05) is 6.92 Å². The first-order chi connectivity index (χ1) is 10.4. The number of hydrogen-bond acceptors (Lipinski definition) is 2. The fourth-order valence-corrected chi connectivity index (χ4v) is 2.12. The minimum Gasteiger partial charge on any atom is -0.352 e. The highest BCUT2D eigenvalue weighted by atomic mass is 19.4. The van der Waals surface area contributed by atoms with E-state index in [0.29, 0.717) is 18.7 Å². The lowest BCUT2D eigenvalue weighted by molar-refractivity contribution is -0.141. The van der Waals surface area contributed by atoms with Gasteiger partial charge in [-0.05, 0) is 25.5 Å². The number of para-hydroxylation sites is 1. The monoisotopic (exact) mass is 311 g/mol. The summed E-state index contributed by atoms with van der Waals surface area (Å²) in [7, 11) is 0. The molecule has 1 N–H and O–H groups in total. The fourth-order valence-electron chi connectivity index (χ4n) is 2.12. The molecule has 2 rings (SSSR count). The minimum absolute atomic E-state index is 0.159. The highest BCUT2D eigenvalue weighted by molar-refractivity contribution is 5.96. The van der Waals surface area contributed by atoms with Gasteiger partial charge in [-0.15, -0.1) is 0 Å². The molecule has 0 aliphatic heterocycles. The van der Waals surface area contributed by atoms with Crippen LogP contribution in [0.5, 0.6) is 0 Å². The second kappa shape index (κ2) is 6.21. The summed E-state index contributed by atoms with van der Waals surface area (Å²) in [5.41, 5.74) is -0.959. The van der Waals surface area contributed by atoms with Crippen LogP contribution in [0.2, 0.25) is 0 Å². The molecule has 0 saturated carbocycles. The van der Waals surface area contributed by atoms with Crippen LogP contribution < -0.4 is 5.32 Å². The Balaban J connectivity index is 2.56. The highest BCUT2D eigenvalue weighted by Crippen LogP contribution is 2.33. The molecular formula is C15H16F3N3O. The van der Waals surface area contributed by atoms with E-state index in [1.165, 1.54) is 6.92 Å². The Morgan fingerprint density at radius 1 is 1.27 bits per heavy atom. The summed E-state index contributed by atoms with van der Waals surface area (Å²) < 4.78 is 40.7. The van der Waals surface area contributed by atoms with Crippen LogP contribution >= 0.6 is 0 Å². The maximum absolute atomic E-state index is 13.2. The van der Waals surface area contributed by atoms with Gasteiger partial charge in [0.25, 0.3) is 5.91 Å². The predicted molar refractivity (Wildman–Crippen MR) is 75.9 cm³/mol. The molecule has 0 aliphatic carbocycles. The van der Waals surface area contributed by atoms with E-state index in [2.05, 4.69) is 10.4 Å². The van der Waals surface area contributed by atoms with E-state index in [4.69, 9.17) is 0 Å². The third-order valence-corrected chi connectivity index (χ3v) is 3.15. The number of rotatable bonds is 4. The molecule has 4 nitrogen and oxygen atoms in total. The normalized spacial score (nSPS) is 11.5. The Bertz CT molecular complexity index is 663. The largest absolute Gasteiger partial charge is 0.435 e. The lowest BCUT2D eigenvalue weighted by atomic mass is 10.1. The van der Waals surface area contributed by atoms with Crippen LogP contribution in [0.4, 0.5) is 13.2 Å². The Labute approximate surface area is 125 Å². The average molecular weight is 311 g/mol. The van der Waals surface area contributed by atoms with Crippen molar-refractivity contribution in [2.45, 2.75) is 26.4 Å². The van der Waals surface area contributed by atoms with Gasteiger partial charge in [-0.2, -0.15) is 18.3 Å². The SMILES string of the molecule is CCCNC(=O)c1c(C(F)(F)F)nn(-c2ccccc2)c1C. The Morgan fingerprint density at radius 3 is 2.45 bits per heavy atom. The summed E-state index contributed by atoms with van der Waals surface area (Å²) in [4.78, 5) is 12.1. The molecular weight excluding hydrogens is 295 g/mol. The lowest BCUT2D eigenvalue weighted by Crippen LogP contribution is -2.27. The first kappa shape index (κ1) is 16.1. The van der Waals surface area contributed by atoms with Crippen molar-refractivity contribution in [2.75, 3.05) is 6.54 Å². The molecule has 1 heterocycles. The zero-order valence-corrected chi connectivity index (χ0v) is 12.2. The summed E-state index contributed by atoms with van der Waals surface area (Å²) in [5.74, 6) is -0.756. The third-order valence-electron chi connectivity index (χ3n) is 3.15. The summed E-state index contributed by atoms with van der Waals surface area (Å²) in [5, 5.41) is 6.09. The molecule has 1 aromatic carbocycles. The van der Waals surface area contributed by atoms with Gasteiger partial charge >= 0.3 is 6.18 Å². The van der Waals surface area contributed by atoms with Gasteiger partial charge in [0.15, 0.2) is 5.69 Å². The summed E-state index contributed by atoms with van der Waals surface area (Å²) in [6.07, 6.45) is -4.05. The van der Waals surface area contributed by atoms with Crippen molar-refractivity contribution in [3.63, 3.8) is 0 Å². The van der Waals surface area contributed by atoms with Crippen LogP contribution in [-0.4, -0.2) is 22.2 Å². The van der Waals surface area contributed by atoms with Gasteiger partial charge in [0, 0.05) is 6.54 Å². The lowest BCUT2D eigenvalue weighted by Gasteiger charge is -2.07. The van der Waals surface area contributed by atoms with Gasteiger partial charge in [0.2, 0.25) is 0 Å². The van der Waals surface area contributed by atoms with Gasteiger partial charge in [-0.25, -0.2) is 4.68 Å². The van der Waals surface area contributed by atoms with E-state index < -0.39 is 23.3 Å². The molecule has 0 spiro atoms. The number of benzene rings is 1. The van der Waals surface area contributed by atoms with Crippen molar-refractivity contribution in [1.82, 2.24) is 15.1 Å². The van der Waals surface area contributed by atoms with E-state index in [0.717, 1.165) is 4.68 Å². The predicted octanol–water partition coefficient (Wildman–Crippen LogP) is 3.34. The van der Waals surface area contributed by atoms with E-state index in [1.54, 1.807) is 30.3 Å². The number of halogens is 3. The molecule has 0 radical (unpaired) electrons. The number of amides is 1. The average Bonchev–Trinajstić information content (AvgIpc) is 2.83. The number of aromatic nitrogens is 2. The Hall–Kier alpha value is -2.31. The molecule has 2 aromatic rings. The molecule has 118 valence electrons. The fraction of sp³-hybridized carbons (Fsp3) is 0.333. The number of hydrogen-bond donors (Lipinski definition) is 1. The van der Waals surface area contributed by atoms with Crippen LogP contribution in [0.25, 0.3) is 5.69 Å². The number of nitrogens with one attached hydrogen (secondary N) is 1. The van der Waals surface area contributed by atoms with E-state index in [9.17, 15) is 18.0 Å². The molecule has 1 amide bonds. The number of nitrogens with zero attached hydrogens (tertiary/aromatic N) is 2. The molecule has 0 aliphatic rings. The maximum Gasteiger partial charge on any atom is 0.435 e.